The molecule has 0 spiro atoms. The van der Waals surface area contributed by atoms with Crippen molar-refractivity contribution in [1.82, 2.24) is 4.90 Å². The third kappa shape index (κ3) is 2.91. The highest BCUT2D eigenvalue weighted by molar-refractivity contribution is 6.04. The Kier molecular flexibility index (Phi) is 4.07. The molecular formula is C20H18N2O5. The van der Waals surface area contributed by atoms with E-state index in [-0.39, 0.29) is 30.2 Å². The molecule has 0 unspecified atom stereocenters. The van der Waals surface area contributed by atoms with E-state index in [9.17, 15) is 19.5 Å². The molecule has 2 amide bonds. The average molecular weight is 366 g/mol. The predicted octanol–water partition coefficient (Wildman–Crippen LogP) is 2.06. The number of nitrogens with one attached hydrogen (secondary N) is 1. The number of rotatable bonds is 2. The largest absolute Gasteiger partial charge is 0.480 e. The van der Waals surface area contributed by atoms with Crippen molar-refractivity contribution in [2.45, 2.75) is 32.0 Å². The van der Waals surface area contributed by atoms with Crippen LogP contribution in [-0.2, 0) is 22.6 Å². The molecule has 2 N–H and O–H groups in total. The van der Waals surface area contributed by atoms with Crippen LogP contribution in [0.3, 0.4) is 0 Å². The van der Waals surface area contributed by atoms with Gasteiger partial charge < -0.3 is 20.1 Å². The summed E-state index contributed by atoms with van der Waals surface area (Å²) in [4.78, 5) is 38.2. The number of nitrogens with zero attached hydrogens (tertiary/aromatic N) is 1. The Hall–Kier alpha value is -3.35. The van der Waals surface area contributed by atoms with Gasteiger partial charge in [-0.15, -0.1) is 0 Å². The van der Waals surface area contributed by atoms with Crippen LogP contribution in [0.5, 0.6) is 5.75 Å². The summed E-state index contributed by atoms with van der Waals surface area (Å²) in [6.45, 7) is 1.80. The Morgan fingerprint density at radius 2 is 1.89 bits per heavy atom. The standard InChI is InChI=1S/C20H18N2O5/c1-11-18(23)21-15-8-4-7-14(17(15)27-11)19(24)22-10-13-6-3-2-5-12(13)9-16(22)20(25)26/h2-8,11,16H,9-10H2,1H3,(H,21,23)(H,25,26)/t11-,16+/m0/s1. The molecule has 0 bridgehead atoms. The number of carboxylic acid groups (broad SMARTS) is 1. The third-order valence-electron chi connectivity index (χ3n) is 4.96. The van der Waals surface area contributed by atoms with E-state index in [1.165, 1.54) is 4.90 Å². The quantitative estimate of drug-likeness (QED) is 0.848. The van der Waals surface area contributed by atoms with Gasteiger partial charge in [0.15, 0.2) is 11.9 Å². The van der Waals surface area contributed by atoms with Gasteiger partial charge in [-0.2, -0.15) is 0 Å². The van der Waals surface area contributed by atoms with Crippen molar-refractivity contribution < 1.29 is 24.2 Å². The lowest BCUT2D eigenvalue weighted by Crippen LogP contribution is -2.49. The fraction of sp³-hybridized carbons (Fsp3) is 0.250. The van der Waals surface area contributed by atoms with Crippen LogP contribution in [0, 0.1) is 0 Å². The van der Waals surface area contributed by atoms with Gasteiger partial charge in [0.1, 0.15) is 6.04 Å². The lowest BCUT2D eigenvalue weighted by atomic mass is 9.93. The second-order valence-electron chi connectivity index (χ2n) is 6.69. The number of anilines is 1. The van der Waals surface area contributed by atoms with E-state index in [0.29, 0.717) is 5.69 Å². The molecule has 2 aliphatic rings. The van der Waals surface area contributed by atoms with Gasteiger partial charge in [0, 0.05) is 13.0 Å². The van der Waals surface area contributed by atoms with Gasteiger partial charge in [0.05, 0.1) is 11.3 Å². The first-order valence-corrected chi connectivity index (χ1v) is 8.67. The summed E-state index contributed by atoms with van der Waals surface area (Å²) in [5, 5.41) is 12.4. The molecule has 0 aromatic heterocycles. The van der Waals surface area contributed by atoms with Crippen LogP contribution in [0.15, 0.2) is 42.5 Å². The van der Waals surface area contributed by atoms with E-state index < -0.39 is 24.0 Å². The fourth-order valence-corrected chi connectivity index (χ4v) is 3.51. The van der Waals surface area contributed by atoms with E-state index in [4.69, 9.17) is 4.74 Å². The number of benzene rings is 2. The van der Waals surface area contributed by atoms with Crippen molar-refractivity contribution in [3.8, 4) is 5.75 Å². The predicted molar refractivity (Wildman–Crippen MR) is 96.6 cm³/mol. The number of fused-ring (bicyclic) bond motifs is 2. The summed E-state index contributed by atoms with van der Waals surface area (Å²) in [5.41, 5.74) is 2.51. The summed E-state index contributed by atoms with van der Waals surface area (Å²) in [5.74, 6) is -1.50. The Morgan fingerprint density at radius 3 is 2.63 bits per heavy atom. The number of hydrogen-bond donors (Lipinski definition) is 2. The zero-order valence-corrected chi connectivity index (χ0v) is 14.6. The van der Waals surface area contributed by atoms with Gasteiger partial charge in [0.25, 0.3) is 11.8 Å². The number of carbonyl (C=O) groups excluding carboxylic acids is 2. The maximum atomic E-state index is 13.3. The van der Waals surface area contributed by atoms with Crippen LogP contribution in [0.4, 0.5) is 5.69 Å². The van der Waals surface area contributed by atoms with Crippen molar-refractivity contribution in [2.24, 2.45) is 0 Å². The van der Waals surface area contributed by atoms with E-state index in [2.05, 4.69) is 5.32 Å². The van der Waals surface area contributed by atoms with Gasteiger partial charge in [-0.1, -0.05) is 30.3 Å². The van der Waals surface area contributed by atoms with Gasteiger partial charge in [0.2, 0.25) is 0 Å². The molecule has 4 rings (SSSR count). The number of carbonyl (C=O) groups is 3. The second kappa shape index (κ2) is 6.42. The normalized spacial score (nSPS) is 20.8. The molecule has 0 saturated carbocycles. The summed E-state index contributed by atoms with van der Waals surface area (Å²) in [6, 6.07) is 11.4. The molecule has 2 heterocycles. The average Bonchev–Trinajstić information content (AvgIpc) is 2.67. The lowest BCUT2D eigenvalue weighted by Gasteiger charge is -2.35. The third-order valence-corrected chi connectivity index (χ3v) is 4.96. The molecule has 138 valence electrons. The van der Waals surface area contributed by atoms with Crippen LogP contribution < -0.4 is 10.1 Å². The van der Waals surface area contributed by atoms with Crippen LogP contribution in [0.1, 0.15) is 28.4 Å². The Balaban J connectivity index is 1.73. The van der Waals surface area contributed by atoms with Crippen LogP contribution in [0.25, 0.3) is 0 Å². The maximum absolute atomic E-state index is 13.3. The van der Waals surface area contributed by atoms with Crippen molar-refractivity contribution in [1.29, 1.82) is 0 Å². The maximum Gasteiger partial charge on any atom is 0.326 e. The van der Waals surface area contributed by atoms with E-state index in [1.54, 1.807) is 25.1 Å². The van der Waals surface area contributed by atoms with Crippen molar-refractivity contribution in [3.05, 3.63) is 59.2 Å². The number of amides is 2. The van der Waals surface area contributed by atoms with Crippen molar-refractivity contribution >= 4 is 23.5 Å². The molecule has 27 heavy (non-hydrogen) atoms. The molecule has 0 radical (unpaired) electrons. The molecule has 0 aliphatic carbocycles. The zero-order valence-electron chi connectivity index (χ0n) is 14.6. The number of carboxylic acids is 1. The summed E-state index contributed by atoms with van der Waals surface area (Å²) < 4.78 is 5.65. The van der Waals surface area contributed by atoms with Gasteiger partial charge >= 0.3 is 5.97 Å². The molecule has 7 nitrogen and oxygen atoms in total. The first-order chi connectivity index (χ1) is 13.0. The van der Waals surface area contributed by atoms with Crippen molar-refractivity contribution in [2.75, 3.05) is 5.32 Å². The highest BCUT2D eigenvalue weighted by Crippen LogP contribution is 2.35. The van der Waals surface area contributed by atoms with Crippen molar-refractivity contribution in [3.63, 3.8) is 0 Å². The molecule has 2 aromatic rings. The van der Waals surface area contributed by atoms with Crippen LogP contribution in [-0.4, -0.2) is 39.9 Å². The number of hydrogen-bond acceptors (Lipinski definition) is 4. The zero-order chi connectivity index (χ0) is 19.1. The lowest BCUT2D eigenvalue weighted by molar-refractivity contribution is -0.142. The van der Waals surface area contributed by atoms with Crippen LogP contribution >= 0.6 is 0 Å². The second-order valence-corrected chi connectivity index (χ2v) is 6.69. The molecule has 2 atom stereocenters. The molecule has 0 fully saturated rings. The minimum atomic E-state index is -1.05. The molecule has 7 heteroatoms. The van der Waals surface area contributed by atoms with E-state index in [0.717, 1.165) is 11.1 Å². The van der Waals surface area contributed by atoms with Gasteiger partial charge in [-0.25, -0.2) is 4.79 Å². The van der Waals surface area contributed by atoms with Gasteiger partial charge in [-0.3, -0.25) is 9.59 Å². The monoisotopic (exact) mass is 366 g/mol. The SMILES string of the molecule is C[C@@H]1Oc2c(cccc2C(=O)N2Cc3ccccc3C[C@@H]2C(=O)O)NC1=O. The molecule has 2 aromatic carbocycles. The Bertz CT molecular complexity index is 955. The smallest absolute Gasteiger partial charge is 0.326 e. The highest BCUT2D eigenvalue weighted by atomic mass is 16.5. The first-order valence-electron chi connectivity index (χ1n) is 8.67. The number of aliphatic carboxylic acids is 1. The highest BCUT2D eigenvalue weighted by Gasteiger charge is 2.37. The summed E-state index contributed by atoms with van der Waals surface area (Å²) in [7, 11) is 0. The summed E-state index contributed by atoms with van der Waals surface area (Å²) >= 11 is 0. The van der Waals surface area contributed by atoms with Gasteiger partial charge in [-0.05, 0) is 30.2 Å². The van der Waals surface area contributed by atoms with E-state index in [1.807, 2.05) is 24.3 Å². The summed E-state index contributed by atoms with van der Waals surface area (Å²) in [6.07, 6.45) is -0.482. The Morgan fingerprint density at radius 1 is 1.15 bits per heavy atom. The number of ether oxygens (including phenoxy) is 1. The minimum absolute atomic E-state index is 0.206. The van der Waals surface area contributed by atoms with E-state index >= 15 is 0 Å². The minimum Gasteiger partial charge on any atom is -0.480 e. The topological polar surface area (TPSA) is 95.9 Å². The number of para-hydroxylation sites is 1. The molecule has 2 aliphatic heterocycles. The van der Waals surface area contributed by atoms with Crippen LogP contribution in [0.2, 0.25) is 0 Å². The first kappa shape index (κ1) is 17.1. The fourth-order valence-electron chi connectivity index (χ4n) is 3.51. The molecular weight excluding hydrogens is 348 g/mol. The molecule has 0 saturated heterocycles. The Labute approximate surface area is 155 Å².